The molecule has 0 spiro atoms. The summed E-state index contributed by atoms with van der Waals surface area (Å²) >= 11 is 0.972. The summed E-state index contributed by atoms with van der Waals surface area (Å²) in [4.78, 5) is 32.9. The maximum Gasteiger partial charge on any atom is 0.433 e. The zero-order chi connectivity index (χ0) is 24.4. The van der Waals surface area contributed by atoms with Gasteiger partial charge >= 0.3 is 12.3 Å². The molecule has 0 unspecified atom stereocenters. The van der Waals surface area contributed by atoms with Gasteiger partial charge < -0.3 is 15.0 Å². The van der Waals surface area contributed by atoms with Gasteiger partial charge in [-0.05, 0) is 58.4 Å². The topological polar surface area (TPSA) is 74.8 Å². The van der Waals surface area contributed by atoms with Gasteiger partial charge in [0.2, 0.25) is 0 Å². The number of ether oxygens (including phenoxy) is 1. The predicted molar refractivity (Wildman–Crippen MR) is 121 cm³/mol. The molecule has 1 saturated heterocycles. The number of alkyl halides is 3. The van der Waals surface area contributed by atoms with E-state index in [1.807, 2.05) is 20.8 Å². The van der Waals surface area contributed by atoms with E-state index < -0.39 is 17.5 Å². The van der Waals surface area contributed by atoms with Gasteiger partial charge in [0.05, 0.1) is 4.88 Å². The third-order valence-corrected chi connectivity index (χ3v) is 6.46. The maximum atomic E-state index is 12.9. The van der Waals surface area contributed by atoms with Crippen LogP contribution < -0.4 is 5.32 Å². The number of pyridine rings is 1. The highest BCUT2D eigenvalue weighted by molar-refractivity contribution is 7.20. The van der Waals surface area contributed by atoms with Crippen molar-refractivity contribution in [3.8, 4) is 0 Å². The van der Waals surface area contributed by atoms with Crippen LogP contribution in [0.4, 0.5) is 18.0 Å². The van der Waals surface area contributed by atoms with Gasteiger partial charge in [0.1, 0.15) is 16.1 Å². The van der Waals surface area contributed by atoms with Crippen molar-refractivity contribution >= 4 is 33.6 Å². The number of nitrogens with one attached hydrogen (secondary N) is 1. The van der Waals surface area contributed by atoms with Crippen LogP contribution in [0.2, 0.25) is 0 Å². The highest BCUT2D eigenvalue weighted by atomic mass is 32.1. The number of hydrogen-bond donors (Lipinski definition) is 1. The van der Waals surface area contributed by atoms with Gasteiger partial charge in [-0.1, -0.05) is 0 Å². The van der Waals surface area contributed by atoms with E-state index in [2.05, 4.69) is 15.2 Å². The quantitative estimate of drug-likeness (QED) is 0.638. The molecule has 3 heterocycles. The molecule has 33 heavy (non-hydrogen) atoms. The minimum atomic E-state index is -4.52. The molecular weight excluding hydrogens is 457 g/mol. The molecule has 0 saturated carbocycles. The summed E-state index contributed by atoms with van der Waals surface area (Å²) < 4.78 is 44.1. The van der Waals surface area contributed by atoms with Crippen molar-refractivity contribution in [3.05, 3.63) is 28.3 Å². The van der Waals surface area contributed by atoms with E-state index in [1.54, 1.807) is 11.8 Å². The number of halogens is 3. The minimum absolute atomic E-state index is 0.204. The maximum absolute atomic E-state index is 12.9. The number of thiophene rings is 1. The standard InChI is InChI=1S/C22H29F3N4O3S/c1-14-15-6-7-16(22(23,24)25)27-19(15)33-17(14)18(30)26-8-5-9-28-10-12-29(13-11-28)20(31)32-21(2,3)4/h6-7H,5,8-13H2,1-4H3,(H,26,30). The lowest BCUT2D eigenvalue weighted by Crippen LogP contribution is -2.50. The molecule has 0 aliphatic carbocycles. The van der Waals surface area contributed by atoms with Crippen molar-refractivity contribution in [1.29, 1.82) is 0 Å². The molecular formula is C22H29F3N4O3S. The number of aromatic nitrogens is 1. The first-order chi connectivity index (χ1) is 15.3. The van der Waals surface area contributed by atoms with Gasteiger partial charge in [-0.25, -0.2) is 9.78 Å². The Bertz CT molecular complexity index is 1010. The fourth-order valence-corrected chi connectivity index (χ4v) is 4.64. The van der Waals surface area contributed by atoms with Crippen LogP contribution in [-0.2, 0) is 10.9 Å². The van der Waals surface area contributed by atoms with Crippen molar-refractivity contribution < 1.29 is 27.5 Å². The number of piperazine rings is 1. The van der Waals surface area contributed by atoms with Crippen LogP contribution in [0.15, 0.2) is 12.1 Å². The highest BCUT2D eigenvalue weighted by Gasteiger charge is 2.33. The third-order valence-electron chi connectivity index (χ3n) is 5.26. The molecule has 3 rings (SSSR count). The fourth-order valence-electron chi connectivity index (χ4n) is 3.54. The van der Waals surface area contributed by atoms with Crippen molar-refractivity contribution in [2.24, 2.45) is 0 Å². The molecule has 0 bridgehead atoms. The lowest BCUT2D eigenvalue weighted by Gasteiger charge is -2.35. The molecule has 0 atom stereocenters. The smallest absolute Gasteiger partial charge is 0.433 e. The molecule has 1 aliphatic heterocycles. The Morgan fingerprint density at radius 3 is 2.42 bits per heavy atom. The lowest BCUT2D eigenvalue weighted by atomic mass is 10.1. The first-order valence-corrected chi connectivity index (χ1v) is 11.6. The van der Waals surface area contributed by atoms with E-state index in [0.717, 1.165) is 43.5 Å². The zero-order valence-electron chi connectivity index (χ0n) is 19.2. The second kappa shape index (κ2) is 9.84. The number of hydrogen-bond acceptors (Lipinski definition) is 6. The summed E-state index contributed by atoms with van der Waals surface area (Å²) in [5, 5.41) is 3.40. The van der Waals surface area contributed by atoms with Crippen LogP contribution in [0.5, 0.6) is 0 Å². The number of amides is 2. The third kappa shape index (κ3) is 6.57. The van der Waals surface area contributed by atoms with Crippen LogP contribution in [0.25, 0.3) is 10.2 Å². The average molecular weight is 487 g/mol. The molecule has 1 fully saturated rings. The Morgan fingerprint density at radius 2 is 1.82 bits per heavy atom. The van der Waals surface area contributed by atoms with Gasteiger partial charge in [-0.3, -0.25) is 9.69 Å². The molecule has 2 aromatic heterocycles. The van der Waals surface area contributed by atoms with Crippen LogP contribution in [0, 0.1) is 6.92 Å². The molecule has 0 radical (unpaired) electrons. The fraction of sp³-hybridized carbons (Fsp3) is 0.591. The second-order valence-electron chi connectivity index (χ2n) is 9.02. The van der Waals surface area contributed by atoms with E-state index in [-0.39, 0.29) is 16.8 Å². The number of carbonyl (C=O) groups excluding carboxylic acids is 2. The van der Waals surface area contributed by atoms with Gasteiger partial charge in [-0.2, -0.15) is 13.2 Å². The Kier molecular flexibility index (Phi) is 7.52. The lowest BCUT2D eigenvalue weighted by molar-refractivity contribution is -0.140. The Labute approximate surface area is 194 Å². The number of fused-ring (bicyclic) bond motifs is 1. The van der Waals surface area contributed by atoms with E-state index >= 15 is 0 Å². The summed E-state index contributed by atoms with van der Waals surface area (Å²) in [5.74, 6) is -0.307. The van der Waals surface area contributed by atoms with Gasteiger partial charge in [0.15, 0.2) is 0 Å². The predicted octanol–water partition coefficient (Wildman–Crippen LogP) is 4.30. The SMILES string of the molecule is Cc1c(C(=O)NCCCN2CCN(C(=O)OC(C)(C)C)CC2)sc2nc(C(F)(F)F)ccc12. The molecule has 1 aliphatic rings. The first kappa shape index (κ1) is 25.2. The molecule has 1 N–H and O–H groups in total. The van der Waals surface area contributed by atoms with Crippen LogP contribution in [0.3, 0.4) is 0 Å². The number of carbonyl (C=O) groups is 2. The molecule has 11 heteroatoms. The molecule has 2 aromatic rings. The van der Waals surface area contributed by atoms with Crippen molar-refractivity contribution in [2.45, 2.75) is 45.9 Å². The van der Waals surface area contributed by atoms with Crippen LogP contribution in [-0.4, -0.2) is 71.7 Å². The van der Waals surface area contributed by atoms with Crippen molar-refractivity contribution in [1.82, 2.24) is 20.1 Å². The Hall–Kier alpha value is -2.40. The first-order valence-electron chi connectivity index (χ1n) is 10.8. The molecule has 0 aromatic carbocycles. The van der Waals surface area contributed by atoms with E-state index in [4.69, 9.17) is 4.74 Å². The zero-order valence-corrected chi connectivity index (χ0v) is 20.0. The summed E-state index contributed by atoms with van der Waals surface area (Å²) in [7, 11) is 0. The number of rotatable bonds is 5. The highest BCUT2D eigenvalue weighted by Crippen LogP contribution is 2.34. The number of nitrogens with zero attached hydrogens (tertiary/aromatic N) is 3. The van der Waals surface area contributed by atoms with Crippen molar-refractivity contribution in [2.75, 3.05) is 39.3 Å². The minimum Gasteiger partial charge on any atom is -0.444 e. The van der Waals surface area contributed by atoms with Gasteiger partial charge in [-0.15, -0.1) is 11.3 Å². The Morgan fingerprint density at radius 1 is 1.15 bits per heavy atom. The van der Waals surface area contributed by atoms with E-state index in [9.17, 15) is 22.8 Å². The molecule has 2 amide bonds. The monoisotopic (exact) mass is 486 g/mol. The summed E-state index contributed by atoms with van der Waals surface area (Å²) in [5.41, 5.74) is -0.849. The van der Waals surface area contributed by atoms with Crippen LogP contribution in [0.1, 0.15) is 48.1 Å². The molecule has 182 valence electrons. The van der Waals surface area contributed by atoms with E-state index in [1.165, 1.54) is 6.07 Å². The summed E-state index contributed by atoms with van der Waals surface area (Å²) in [6, 6.07) is 2.30. The van der Waals surface area contributed by atoms with Crippen LogP contribution >= 0.6 is 11.3 Å². The largest absolute Gasteiger partial charge is 0.444 e. The van der Waals surface area contributed by atoms with Gasteiger partial charge in [0, 0.05) is 38.1 Å². The van der Waals surface area contributed by atoms with E-state index in [0.29, 0.717) is 35.5 Å². The summed E-state index contributed by atoms with van der Waals surface area (Å²) in [6.07, 6.45) is -4.10. The second-order valence-corrected chi connectivity index (χ2v) is 10.0. The normalized spacial score (nSPS) is 15.7. The summed E-state index contributed by atoms with van der Waals surface area (Å²) in [6.45, 7) is 11.1. The number of aryl methyl sites for hydroxylation is 1. The van der Waals surface area contributed by atoms with Gasteiger partial charge in [0.25, 0.3) is 5.91 Å². The molecule has 7 nitrogen and oxygen atoms in total. The average Bonchev–Trinajstić information content (AvgIpc) is 3.06. The van der Waals surface area contributed by atoms with Crippen molar-refractivity contribution in [3.63, 3.8) is 0 Å². The Balaban J connectivity index is 1.45.